The molecule has 0 heterocycles. The van der Waals surface area contributed by atoms with E-state index in [4.69, 9.17) is 10.5 Å². The lowest BCUT2D eigenvalue weighted by Crippen LogP contribution is -2.25. The fourth-order valence-corrected chi connectivity index (χ4v) is 2.73. The lowest BCUT2D eigenvalue weighted by molar-refractivity contribution is 0.121. The molecule has 2 atom stereocenters. The summed E-state index contributed by atoms with van der Waals surface area (Å²) in [6.45, 7) is 2.45. The summed E-state index contributed by atoms with van der Waals surface area (Å²) in [6, 6.07) is 4.88. The molecule has 20 heavy (non-hydrogen) atoms. The van der Waals surface area contributed by atoms with Crippen LogP contribution >= 0.6 is 0 Å². The third-order valence-electron chi connectivity index (χ3n) is 3.88. The SMILES string of the molecule is CCC1CCCC(Oc2ccc(C#CCN)c(F)c2)C1. The van der Waals surface area contributed by atoms with Crippen molar-refractivity contribution in [3.05, 3.63) is 29.6 Å². The van der Waals surface area contributed by atoms with Gasteiger partial charge in [-0.1, -0.05) is 31.6 Å². The molecule has 2 unspecified atom stereocenters. The van der Waals surface area contributed by atoms with Crippen LogP contribution in [0, 0.1) is 23.6 Å². The maximum Gasteiger partial charge on any atom is 0.142 e. The zero-order valence-corrected chi connectivity index (χ0v) is 12.0. The van der Waals surface area contributed by atoms with Crippen molar-refractivity contribution in [2.45, 2.75) is 45.1 Å². The van der Waals surface area contributed by atoms with Crippen molar-refractivity contribution in [3.63, 3.8) is 0 Å². The molecule has 0 bridgehead atoms. The third-order valence-corrected chi connectivity index (χ3v) is 3.88. The quantitative estimate of drug-likeness (QED) is 0.857. The molecule has 2 rings (SSSR count). The molecule has 3 heteroatoms. The van der Waals surface area contributed by atoms with Gasteiger partial charge in [-0.05, 0) is 37.3 Å². The number of benzene rings is 1. The fourth-order valence-electron chi connectivity index (χ4n) is 2.73. The largest absolute Gasteiger partial charge is 0.490 e. The van der Waals surface area contributed by atoms with Gasteiger partial charge in [0.2, 0.25) is 0 Å². The van der Waals surface area contributed by atoms with Crippen molar-refractivity contribution in [1.29, 1.82) is 0 Å². The average molecular weight is 275 g/mol. The average Bonchev–Trinajstić information content (AvgIpc) is 2.47. The van der Waals surface area contributed by atoms with Crippen LogP contribution in [0.5, 0.6) is 5.75 Å². The molecular weight excluding hydrogens is 253 g/mol. The molecule has 0 saturated heterocycles. The van der Waals surface area contributed by atoms with Gasteiger partial charge in [0.15, 0.2) is 0 Å². The van der Waals surface area contributed by atoms with E-state index in [1.165, 1.54) is 25.3 Å². The summed E-state index contributed by atoms with van der Waals surface area (Å²) >= 11 is 0. The van der Waals surface area contributed by atoms with Crippen LogP contribution < -0.4 is 10.5 Å². The summed E-state index contributed by atoms with van der Waals surface area (Å²) < 4.78 is 19.8. The minimum atomic E-state index is -0.341. The highest BCUT2D eigenvalue weighted by Gasteiger charge is 2.22. The van der Waals surface area contributed by atoms with Crippen LogP contribution in [0.25, 0.3) is 0 Å². The molecule has 0 aromatic heterocycles. The number of ether oxygens (including phenoxy) is 1. The first-order valence-electron chi connectivity index (χ1n) is 7.38. The number of halogens is 1. The van der Waals surface area contributed by atoms with Gasteiger partial charge in [-0.15, -0.1) is 0 Å². The van der Waals surface area contributed by atoms with Gasteiger partial charge in [0.25, 0.3) is 0 Å². The molecule has 1 aromatic rings. The second kappa shape index (κ2) is 7.31. The Hall–Kier alpha value is -1.53. The lowest BCUT2D eigenvalue weighted by Gasteiger charge is -2.29. The van der Waals surface area contributed by atoms with E-state index in [1.807, 2.05) is 0 Å². The van der Waals surface area contributed by atoms with E-state index in [2.05, 4.69) is 18.8 Å². The first kappa shape index (κ1) is 14.9. The minimum absolute atomic E-state index is 0.217. The lowest BCUT2D eigenvalue weighted by atomic mass is 9.85. The van der Waals surface area contributed by atoms with Crippen LogP contribution in [0.3, 0.4) is 0 Å². The molecule has 0 radical (unpaired) electrons. The first-order valence-corrected chi connectivity index (χ1v) is 7.38. The summed E-state index contributed by atoms with van der Waals surface area (Å²) in [5.74, 6) is 6.37. The van der Waals surface area contributed by atoms with Gasteiger partial charge in [0.1, 0.15) is 11.6 Å². The molecule has 2 N–H and O–H groups in total. The summed E-state index contributed by atoms with van der Waals surface area (Å²) in [5, 5.41) is 0. The zero-order valence-electron chi connectivity index (χ0n) is 12.0. The van der Waals surface area contributed by atoms with E-state index in [1.54, 1.807) is 12.1 Å². The highest BCUT2D eigenvalue weighted by Crippen LogP contribution is 2.30. The third kappa shape index (κ3) is 3.98. The highest BCUT2D eigenvalue weighted by molar-refractivity contribution is 5.39. The molecule has 1 aliphatic carbocycles. The van der Waals surface area contributed by atoms with Gasteiger partial charge < -0.3 is 10.5 Å². The van der Waals surface area contributed by atoms with Crippen molar-refractivity contribution in [2.75, 3.05) is 6.54 Å². The van der Waals surface area contributed by atoms with Crippen LogP contribution in [-0.4, -0.2) is 12.6 Å². The molecule has 1 saturated carbocycles. The molecule has 1 aliphatic rings. The van der Waals surface area contributed by atoms with Crippen LogP contribution in [0.4, 0.5) is 4.39 Å². The molecular formula is C17H22FNO. The van der Waals surface area contributed by atoms with E-state index in [-0.39, 0.29) is 18.5 Å². The number of nitrogens with two attached hydrogens (primary N) is 1. The van der Waals surface area contributed by atoms with Crippen LogP contribution in [0.2, 0.25) is 0 Å². The Morgan fingerprint density at radius 2 is 2.25 bits per heavy atom. The molecule has 2 nitrogen and oxygen atoms in total. The monoisotopic (exact) mass is 275 g/mol. The number of hydrogen-bond donors (Lipinski definition) is 1. The minimum Gasteiger partial charge on any atom is -0.490 e. The first-order chi connectivity index (χ1) is 9.72. The Kier molecular flexibility index (Phi) is 5.43. The Morgan fingerprint density at radius 1 is 1.40 bits per heavy atom. The van der Waals surface area contributed by atoms with Crippen molar-refractivity contribution in [1.82, 2.24) is 0 Å². The van der Waals surface area contributed by atoms with Gasteiger partial charge in [-0.25, -0.2) is 4.39 Å². The molecule has 108 valence electrons. The second-order valence-electron chi connectivity index (χ2n) is 5.33. The second-order valence-corrected chi connectivity index (χ2v) is 5.33. The Morgan fingerprint density at radius 3 is 2.95 bits per heavy atom. The smallest absolute Gasteiger partial charge is 0.142 e. The molecule has 0 amide bonds. The van der Waals surface area contributed by atoms with Gasteiger partial charge in [0, 0.05) is 6.07 Å². The van der Waals surface area contributed by atoms with Crippen LogP contribution in [-0.2, 0) is 0 Å². The predicted octanol–water partition coefficient (Wildman–Crippen LogP) is 3.48. The van der Waals surface area contributed by atoms with E-state index >= 15 is 0 Å². The Labute approximate surface area is 120 Å². The van der Waals surface area contributed by atoms with E-state index in [0.29, 0.717) is 11.3 Å². The molecule has 0 spiro atoms. The summed E-state index contributed by atoms with van der Waals surface area (Å²) in [7, 11) is 0. The van der Waals surface area contributed by atoms with Crippen molar-refractivity contribution in [3.8, 4) is 17.6 Å². The summed E-state index contributed by atoms with van der Waals surface area (Å²) in [4.78, 5) is 0. The zero-order chi connectivity index (χ0) is 14.4. The van der Waals surface area contributed by atoms with Crippen molar-refractivity contribution < 1.29 is 9.13 Å². The van der Waals surface area contributed by atoms with E-state index in [0.717, 1.165) is 18.8 Å². The van der Waals surface area contributed by atoms with E-state index < -0.39 is 0 Å². The normalized spacial score (nSPS) is 21.9. The van der Waals surface area contributed by atoms with Crippen molar-refractivity contribution >= 4 is 0 Å². The van der Waals surface area contributed by atoms with Crippen molar-refractivity contribution in [2.24, 2.45) is 11.7 Å². The van der Waals surface area contributed by atoms with Crippen LogP contribution in [0.1, 0.15) is 44.6 Å². The van der Waals surface area contributed by atoms with Crippen LogP contribution in [0.15, 0.2) is 18.2 Å². The number of hydrogen-bond acceptors (Lipinski definition) is 2. The topological polar surface area (TPSA) is 35.2 Å². The maximum atomic E-state index is 13.8. The van der Waals surface area contributed by atoms with Gasteiger partial charge in [-0.3, -0.25) is 0 Å². The highest BCUT2D eigenvalue weighted by atomic mass is 19.1. The molecule has 1 aromatic carbocycles. The summed E-state index contributed by atoms with van der Waals surface area (Å²) in [5.41, 5.74) is 5.66. The predicted molar refractivity (Wildman–Crippen MR) is 79.0 cm³/mol. The standard InChI is InChI=1S/C17H22FNO/c1-2-13-5-3-7-15(11-13)20-16-9-8-14(6-4-10-19)17(18)12-16/h8-9,12-13,15H,2-3,5,7,10-11,19H2,1H3. The Balaban J connectivity index is 2.01. The van der Waals surface area contributed by atoms with E-state index in [9.17, 15) is 4.39 Å². The maximum absolute atomic E-state index is 13.8. The number of rotatable bonds is 3. The van der Waals surface area contributed by atoms with Gasteiger partial charge in [0.05, 0.1) is 18.2 Å². The fraction of sp³-hybridized carbons (Fsp3) is 0.529. The summed E-state index contributed by atoms with van der Waals surface area (Å²) in [6.07, 6.45) is 6.04. The molecule has 0 aliphatic heterocycles. The van der Waals surface area contributed by atoms with Gasteiger partial charge in [-0.2, -0.15) is 0 Å². The molecule has 1 fully saturated rings. The Bertz CT molecular complexity index is 503. The van der Waals surface area contributed by atoms with Gasteiger partial charge >= 0.3 is 0 Å².